The molecule has 2 aromatic rings. The highest BCUT2D eigenvalue weighted by molar-refractivity contribution is 8.19. The Balaban J connectivity index is 1.92. The number of halogens is 2. The van der Waals surface area contributed by atoms with Crippen molar-refractivity contribution in [1.82, 2.24) is 5.32 Å². The molecule has 7 heteroatoms. The Labute approximate surface area is 140 Å². The van der Waals surface area contributed by atoms with Crippen LogP contribution < -0.4 is 5.32 Å². The molecule has 1 saturated heterocycles. The van der Waals surface area contributed by atoms with Gasteiger partial charge < -0.3 is 9.73 Å². The molecule has 106 valence electrons. The Morgan fingerprint density at radius 3 is 2.52 bits per heavy atom. The SMILES string of the molecule is O=C1NC(=S)C(=Cc2ccc(-c3cc(Cl)cc(Cl)c3)o2)S1. The molecule has 0 radical (unpaired) electrons. The number of nitrogens with one attached hydrogen (secondary N) is 1. The van der Waals surface area contributed by atoms with E-state index in [4.69, 9.17) is 39.8 Å². The largest absolute Gasteiger partial charge is 0.457 e. The molecule has 1 amide bonds. The summed E-state index contributed by atoms with van der Waals surface area (Å²) in [6.07, 6.45) is 1.72. The summed E-state index contributed by atoms with van der Waals surface area (Å²) in [6.45, 7) is 0. The van der Waals surface area contributed by atoms with Crippen molar-refractivity contribution in [1.29, 1.82) is 0 Å². The van der Waals surface area contributed by atoms with Gasteiger partial charge in [0.05, 0.1) is 4.91 Å². The molecule has 3 nitrogen and oxygen atoms in total. The summed E-state index contributed by atoms with van der Waals surface area (Å²) in [5, 5.41) is 3.45. The van der Waals surface area contributed by atoms with Crippen molar-refractivity contribution < 1.29 is 9.21 Å². The molecule has 0 unspecified atom stereocenters. The molecule has 0 saturated carbocycles. The number of thiocarbonyl (C=S) groups is 1. The second-order valence-electron chi connectivity index (χ2n) is 4.21. The molecule has 2 heterocycles. The van der Waals surface area contributed by atoms with Crippen LogP contribution in [-0.2, 0) is 0 Å². The van der Waals surface area contributed by atoms with E-state index in [1.54, 1.807) is 30.3 Å². The van der Waals surface area contributed by atoms with Gasteiger partial charge in [-0.25, -0.2) is 0 Å². The van der Waals surface area contributed by atoms with Gasteiger partial charge in [-0.3, -0.25) is 4.79 Å². The van der Waals surface area contributed by atoms with Crippen LogP contribution in [0.4, 0.5) is 4.79 Å². The third kappa shape index (κ3) is 3.32. The molecule has 1 aliphatic heterocycles. The van der Waals surface area contributed by atoms with Crippen LogP contribution in [0.25, 0.3) is 17.4 Å². The van der Waals surface area contributed by atoms with E-state index in [9.17, 15) is 4.79 Å². The maximum atomic E-state index is 11.2. The van der Waals surface area contributed by atoms with Crippen molar-refractivity contribution in [3.05, 3.63) is 51.0 Å². The smallest absolute Gasteiger partial charge is 0.289 e. The second kappa shape index (κ2) is 5.85. The molecule has 3 rings (SSSR count). The first-order valence-corrected chi connectivity index (χ1v) is 7.80. The van der Waals surface area contributed by atoms with E-state index >= 15 is 0 Å². The van der Waals surface area contributed by atoms with Crippen LogP contribution in [0, 0.1) is 0 Å². The van der Waals surface area contributed by atoms with E-state index in [2.05, 4.69) is 5.32 Å². The van der Waals surface area contributed by atoms with Crippen molar-refractivity contribution in [3.63, 3.8) is 0 Å². The third-order valence-corrected chi connectivity index (χ3v) is 4.41. The van der Waals surface area contributed by atoms with Crippen LogP contribution in [0.5, 0.6) is 0 Å². The number of furan rings is 1. The average Bonchev–Trinajstić information content (AvgIpc) is 2.96. The van der Waals surface area contributed by atoms with Crippen LogP contribution in [0.2, 0.25) is 10.0 Å². The molecule has 0 atom stereocenters. The molecule has 1 aliphatic rings. The van der Waals surface area contributed by atoms with Crippen LogP contribution in [0.1, 0.15) is 5.76 Å². The Hall–Kier alpha value is -1.27. The lowest BCUT2D eigenvalue weighted by atomic mass is 10.2. The lowest BCUT2D eigenvalue weighted by molar-refractivity contribution is 0.265. The van der Waals surface area contributed by atoms with Gasteiger partial charge in [-0.1, -0.05) is 35.4 Å². The first-order chi connectivity index (χ1) is 10.0. The summed E-state index contributed by atoms with van der Waals surface area (Å²) in [6, 6.07) is 8.80. The Morgan fingerprint density at radius 1 is 1.19 bits per heavy atom. The van der Waals surface area contributed by atoms with Gasteiger partial charge in [0.2, 0.25) is 0 Å². The van der Waals surface area contributed by atoms with Crippen LogP contribution in [-0.4, -0.2) is 10.2 Å². The minimum absolute atomic E-state index is 0.181. The summed E-state index contributed by atoms with van der Waals surface area (Å²) in [7, 11) is 0. The number of amides is 1. The number of thioether (sulfide) groups is 1. The fourth-order valence-corrected chi connectivity index (χ4v) is 3.37. The molecule has 1 fully saturated rings. The molecule has 1 aromatic carbocycles. The zero-order valence-electron chi connectivity index (χ0n) is 10.4. The van der Waals surface area contributed by atoms with Crippen molar-refractivity contribution >= 4 is 63.5 Å². The van der Waals surface area contributed by atoms with E-state index in [1.807, 2.05) is 6.07 Å². The molecular weight excluding hydrogens is 349 g/mol. The van der Waals surface area contributed by atoms with Crippen LogP contribution in [0.15, 0.2) is 39.7 Å². The zero-order chi connectivity index (χ0) is 15.0. The number of hydrogen-bond donors (Lipinski definition) is 1. The Bertz CT molecular complexity index is 763. The number of hydrogen-bond acceptors (Lipinski definition) is 4. The first kappa shape index (κ1) is 14.7. The van der Waals surface area contributed by atoms with Gasteiger partial charge in [0.25, 0.3) is 5.24 Å². The van der Waals surface area contributed by atoms with Crippen molar-refractivity contribution in [2.24, 2.45) is 0 Å². The van der Waals surface area contributed by atoms with Gasteiger partial charge in [0, 0.05) is 15.6 Å². The molecule has 0 bridgehead atoms. The van der Waals surface area contributed by atoms with E-state index in [0.29, 0.717) is 31.5 Å². The highest BCUT2D eigenvalue weighted by Gasteiger charge is 2.22. The summed E-state index contributed by atoms with van der Waals surface area (Å²) in [5.41, 5.74) is 0.785. The Morgan fingerprint density at radius 2 is 1.90 bits per heavy atom. The van der Waals surface area contributed by atoms with Crippen molar-refractivity contribution in [2.45, 2.75) is 0 Å². The maximum absolute atomic E-state index is 11.2. The predicted octanol–water partition coefficient (Wildman–Crippen LogP) is 5.38. The quantitative estimate of drug-likeness (QED) is 0.580. The van der Waals surface area contributed by atoms with E-state index in [1.165, 1.54) is 0 Å². The highest BCUT2D eigenvalue weighted by Crippen LogP contribution is 2.31. The number of carbonyl (C=O) groups is 1. The van der Waals surface area contributed by atoms with Gasteiger partial charge in [-0.2, -0.15) is 0 Å². The predicted molar refractivity (Wildman–Crippen MR) is 90.9 cm³/mol. The summed E-state index contributed by atoms with van der Waals surface area (Å²) >= 11 is 18.1. The van der Waals surface area contributed by atoms with E-state index in [0.717, 1.165) is 17.3 Å². The summed E-state index contributed by atoms with van der Waals surface area (Å²) < 4.78 is 5.72. The van der Waals surface area contributed by atoms with Crippen LogP contribution >= 0.6 is 47.2 Å². The minimum Gasteiger partial charge on any atom is -0.457 e. The molecule has 21 heavy (non-hydrogen) atoms. The highest BCUT2D eigenvalue weighted by atomic mass is 35.5. The number of carbonyl (C=O) groups excluding carboxylic acids is 1. The molecular formula is C14H7Cl2NO2S2. The minimum atomic E-state index is -0.181. The number of benzene rings is 1. The lowest BCUT2D eigenvalue weighted by Crippen LogP contribution is -2.15. The van der Waals surface area contributed by atoms with Crippen LogP contribution in [0.3, 0.4) is 0 Å². The first-order valence-electron chi connectivity index (χ1n) is 5.82. The maximum Gasteiger partial charge on any atom is 0.289 e. The van der Waals surface area contributed by atoms with Crippen molar-refractivity contribution in [3.8, 4) is 11.3 Å². The van der Waals surface area contributed by atoms with Crippen molar-refractivity contribution in [2.75, 3.05) is 0 Å². The topological polar surface area (TPSA) is 42.2 Å². The summed E-state index contributed by atoms with van der Waals surface area (Å²) in [5.74, 6) is 1.24. The normalized spacial score (nSPS) is 16.6. The monoisotopic (exact) mass is 355 g/mol. The molecule has 1 N–H and O–H groups in total. The van der Waals surface area contributed by atoms with E-state index in [-0.39, 0.29) is 5.24 Å². The zero-order valence-corrected chi connectivity index (χ0v) is 13.5. The van der Waals surface area contributed by atoms with Gasteiger partial charge in [0.15, 0.2) is 0 Å². The summed E-state index contributed by atoms with van der Waals surface area (Å²) in [4.78, 5) is 12.3. The standard InChI is InChI=1S/C14H7Cl2NO2S2/c15-8-3-7(4-9(16)5-8)11-2-1-10(19-11)6-12-13(20)17-14(18)21-12/h1-6H,(H,17,18,20). The average molecular weight is 356 g/mol. The van der Waals surface area contributed by atoms with Gasteiger partial charge >= 0.3 is 0 Å². The Kier molecular flexibility index (Phi) is 4.08. The fourth-order valence-electron chi connectivity index (χ4n) is 1.83. The fraction of sp³-hybridized carbons (Fsp3) is 0. The molecule has 1 aromatic heterocycles. The second-order valence-corrected chi connectivity index (χ2v) is 6.51. The molecule has 0 aliphatic carbocycles. The van der Waals surface area contributed by atoms with E-state index < -0.39 is 0 Å². The molecule has 0 spiro atoms. The third-order valence-electron chi connectivity index (χ3n) is 2.69. The lowest BCUT2D eigenvalue weighted by Gasteiger charge is -1.99. The number of rotatable bonds is 2. The van der Waals surface area contributed by atoms with Gasteiger partial charge in [-0.15, -0.1) is 0 Å². The van der Waals surface area contributed by atoms with Gasteiger partial charge in [-0.05, 0) is 48.2 Å². The van der Waals surface area contributed by atoms with Gasteiger partial charge in [0.1, 0.15) is 16.5 Å².